The summed E-state index contributed by atoms with van der Waals surface area (Å²) in [6, 6.07) is 19.3. The van der Waals surface area contributed by atoms with Crippen LogP contribution in [0.1, 0.15) is 24.8 Å². The average Bonchev–Trinajstić information content (AvgIpc) is 2.67. The first-order valence-electron chi connectivity index (χ1n) is 8.72. The molecule has 0 heterocycles. The van der Waals surface area contributed by atoms with Gasteiger partial charge in [0.15, 0.2) is 5.78 Å². The Kier molecular flexibility index (Phi) is 5.69. The third-order valence-electron chi connectivity index (χ3n) is 4.37. The Balaban J connectivity index is 1.82. The van der Waals surface area contributed by atoms with E-state index in [0.29, 0.717) is 6.42 Å². The Labute approximate surface area is 153 Å². The van der Waals surface area contributed by atoms with Crippen molar-refractivity contribution in [1.82, 2.24) is 5.43 Å². The standard InChI is InChI=1S/C21H22N2O3/c1-2-26-21(25)20-18(15-9-5-3-6-10-15)13-17(14-19(20)24)23-22-16-11-7-4-8-12-16/h3-12,14,18,20,22-23H,2,13H2,1H3. The maximum absolute atomic E-state index is 12.7. The number of ether oxygens (including phenoxy) is 1. The Bertz CT molecular complexity index is 787. The van der Waals surface area contributed by atoms with E-state index < -0.39 is 11.9 Å². The number of anilines is 1. The van der Waals surface area contributed by atoms with Gasteiger partial charge in [0.1, 0.15) is 5.92 Å². The molecule has 1 aliphatic carbocycles. The van der Waals surface area contributed by atoms with Crippen molar-refractivity contribution >= 4 is 17.4 Å². The number of allylic oxidation sites excluding steroid dienone is 2. The summed E-state index contributed by atoms with van der Waals surface area (Å²) in [4.78, 5) is 25.0. The van der Waals surface area contributed by atoms with Crippen LogP contribution in [0.2, 0.25) is 0 Å². The van der Waals surface area contributed by atoms with Crippen LogP contribution in [-0.4, -0.2) is 18.4 Å². The molecule has 0 bridgehead atoms. The van der Waals surface area contributed by atoms with Crippen LogP contribution in [-0.2, 0) is 14.3 Å². The number of ketones is 1. The number of benzene rings is 2. The highest BCUT2D eigenvalue weighted by atomic mass is 16.5. The van der Waals surface area contributed by atoms with Crippen molar-refractivity contribution < 1.29 is 14.3 Å². The van der Waals surface area contributed by atoms with Crippen LogP contribution in [0.5, 0.6) is 0 Å². The molecule has 0 amide bonds. The van der Waals surface area contributed by atoms with Crippen LogP contribution in [0.4, 0.5) is 5.69 Å². The van der Waals surface area contributed by atoms with Crippen LogP contribution in [0.25, 0.3) is 0 Å². The molecule has 0 aromatic heterocycles. The molecule has 2 atom stereocenters. The first-order valence-corrected chi connectivity index (χ1v) is 8.72. The Morgan fingerprint density at radius 2 is 1.69 bits per heavy atom. The maximum Gasteiger partial charge on any atom is 0.317 e. The SMILES string of the molecule is CCOC(=O)C1C(=O)C=C(NNc2ccccc2)CC1c1ccccc1. The largest absolute Gasteiger partial charge is 0.465 e. The van der Waals surface area contributed by atoms with Crippen LogP contribution in [0.3, 0.4) is 0 Å². The zero-order chi connectivity index (χ0) is 18.4. The van der Waals surface area contributed by atoms with E-state index >= 15 is 0 Å². The predicted octanol–water partition coefficient (Wildman–Crippen LogP) is 3.42. The zero-order valence-corrected chi connectivity index (χ0v) is 14.6. The summed E-state index contributed by atoms with van der Waals surface area (Å²) in [5.74, 6) is -1.76. The smallest absolute Gasteiger partial charge is 0.317 e. The van der Waals surface area contributed by atoms with E-state index in [0.717, 1.165) is 16.9 Å². The van der Waals surface area contributed by atoms with Gasteiger partial charge in [0, 0.05) is 17.7 Å². The number of carbonyl (C=O) groups is 2. The quantitative estimate of drug-likeness (QED) is 0.475. The van der Waals surface area contributed by atoms with Gasteiger partial charge in [0.25, 0.3) is 0 Å². The third kappa shape index (κ3) is 4.11. The minimum atomic E-state index is -0.806. The highest BCUT2D eigenvalue weighted by molar-refractivity contribution is 6.07. The summed E-state index contributed by atoms with van der Waals surface area (Å²) in [5, 5.41) is 0. The number of hydrogen-bond donors (Lipinski definition) is 2. The summed E-state index contributed by atoms with van der Waals surface area (Å²) < 4.78 is 5.14. The van der Waals surface area contributed by atoms with Gasteiger partial charge >= 0.3 is 5.97 Å². The van der Waals surface area contributed by atoms with Gasteiger partial charge in [-0.05, 0) is 31.0 Å². The molecule has 26 heavy (non-hydrogen) atoms. The lowest BCUT2D eigenvalue weighted by Gasteiger charge is -2.29. The molecule has 134 valence electrons. The van der Waals surface area contributed by atoms with Crippen molar-refractivity contribution in [3.8, 4) is 0 Å². The van der Waals surface area contributed by atoms with Crippen molar-refractivity contribution in [2.24, 2.45) is 5.92 Å². The van der Waals surface area contributed by atoms with E-state index in [9.17, 15) is 9.59 Å². The van der Waals surface area contributed by atoms with E-state index in [1.54, 1.807) is 6.92 Å². The van der Waals surface area contributed by atoms with Crippen LogP contribution < -0.4 is 10.9 Å². The number of esters is 1. The molecule has 0 spiro atoms. The lowest BCUT2D eigenvalue weighted by Crippen LogP contribution is -2.37. The zero-order valence-electron chi connectivity index (χ0n) is 14.6. The fourth-order valence-corrected chi connectivity index (χ4v) is 3.16. The lowest BCUT2D eigenvalue weighted by atomic mass is 9.76. The molecule has 5 heteroatoms. The van der Waals surface area contributed by atoms with Crippen LogP contribution in [0, 0.1) is 5.92 Å². The molecule has 2 N–H and O–H groups in total. The highest BCUT2D eigenvalue weighted by Gasteiger charge is 2.39. The number of para-hydroxylation sites is 1. The van der Waals surface area contributed by atoms with Gasteiger partial charge in [-0.2, -0.15) is 0 Å². The molecule has 3 rings (SSSR count). The summed E-state index contributed by atoms with van der Waals surface area (Å²) in [6.07, 6.45) is 2.04. The van der Waals surface area contributed by atoms with E-state index in [1.165, 1.54) is 6.08 Å². The number of carbonyl (C=O) groups excluding carboxylic acids is 2. The molecule has 0 fully saturated rings. The molecule has 0 saturated carbocycles. The second-order valence-corrected chi connectivity index (χ2v) is 6.14. The summed E-state index contributed by atoms with van der Waals surface area (Å²) in [6.45, 7) is 2.00. The molecule has 0 aliphatic heterocycles. The van der Waals surface area contributed by atoms with Crippen molar-refractivity contribution in [2.75, 3.05) is 12.0 Å². The molecular weight excluding hydrogens is 328 g/mol. The normalized spacial score (nSPS) is 19.4. The lowest BCUT2D eigenvalue weighted by molar-refractivity contribution is -0.151. The number of hydrogen-bond acceptors (Lipinski definition) is 5. The van der Waals surface area contributed by atoms with Crippen molar-refractivity contribution in [1.29, 1.82) is 0 Å². The molecule has 0 radical (unpaired) electrons. The summed E-state index contributed by atoms with van der Waals surface area (Å²) in [5.41, 5.74) is 8.77. The Morgan fingerprint density at radius 1 is 1.04 bits per heavy atom. The minimum Gasteiger partial charge on any atom is -0.465 e. The molecule has 1 aliphatic rings. The van der Waals surface area contributed by atoms with Crippen LogP contribution in [0.15, 0.2) is 72.4 Å². The molecule has 5 nitrogen and oxygen atoms in total. The fraction of sp³-hybridized carbons (Fsp3) is 0.238. The van der Waals surface area contributed by atoms with E-state index in [2.05, 4.69) is 10.9 Å². The van der Waals surface area contributed by atoms with Gasteiger partial charge in [-0.15, -0.1) is 0 Å². The van der Waals surface area contributed by atoms with Gasteiger partial charge in [0.05, 0.1) is 12.3 Å². The molecular formula is C21H22N2O3. The van der Waals surface area contributed by atoms with Gasteiger partial charge in [0.2, 0.25) is 0 Å². The third-order valence-corrected chi connectivity index (χ3v) is 4.37. The number of nitrogens with one attached hydrogen (secondary N) is 2. The minimum absolute atomic E-state index is 0.235. The van der Waals surface area contributed by atoms with Gasteiger partial charge in [-0.25, -0.2) is 0 Å². The van der Waals surface area contributed by atoms with Crippen LogP contribution >= 0.6 is 0 Å². The van der Waals surface area contributed by atoms with E-state index in [1.807, 2.05) is 60.7 Å². The molecule has 2 aromatic rings. The van der Waals surface area contributed by atoms with Crippen molar-refractivity contribution in [3.63, 3.8) is 0 Å². The van der Waals surface area contributed by atoms with Gasteiger partial charge in [-0.3, -0.25) is 9.59 Å². The monoisotopic (exact) mass is 350 g/mol. The van der Waals surface area contributed by atoms with Crippen molar-refractivity contribution in [2.45, 2.75) is 19.3 Å². The predicted molar refractivity (Wildman–Crippen MR) is 100 cm³/mol. The summed E-state index contributed by atoms with van der Waals surface area (Å²) >= 11 is 0. The molecule has 0 saturated heterocycles. The topological polar surface area (TPSA) is 67.4 Å². The molecule has 2 aromatic carbocycles. The first-order chi connectivity index (χ1) is 12.7. The second kappa shape index (κ2) is 8.34. The van der Waals surface area contributed by atoms with E-state index in [4.69, 9.17) is 4.74 Å². The maximum atomic E-state index is 12.7. The van der Waals surface area contributed by atoms with Crippen molar-refractivity contribution in [3.05, 3.63) is 78.0 Å². The second-order valence-electron chi connectivity index (χ2n) is 6.14. The van der Waals surface area contributed by atoms with E-state index in [-0.39, 0.29) is 18.3 Å². The average molecular weight is 350 g/mol. The van der Waals surface area contributed by atoms with Gasteiger partial charge < -0.3 is 15.6 Å². The highest BCUT2D eigenvalue weighted by Crippen LogP contribution is 2.36. The Hall–Kier alpha value is -3.08. The van der Waals surface area contributed by atoms with Gasteiger partial charge in [-0.1, -0.05) is 48.5 Å². The number of hydrazine groups is 1. The molecule has 2 unspecified atom stereocenters. The summed E-state index contributed by atoms with van der Waals surface area (Å²) in [7, 11) is 0. The Morgan fingerprint density at radius 3 is 2.35 bits per heavy atom. The first kappa shape index (κ1) is 17.7. The number of rotatable bonds is 6. The fourth-order valence-electron chi connectivity index (χ4n) is 3.16.